The predicted octanol–water partition coefficient (Wildman–Crippen LogP) is 3.60. The van der Waals surface area contributed by atoms with Crippen LogP contribution in [0.1, 0.15) is 18.7 Å². The Kier molecular flexibility index (Phi) is 4.60. The summed E-state index contributed by atoms with van der Waals surface area (Å²) >= 11 is 0. The van der Waals surface area contributed by atoms with Gasteiger partial charge in [0, 0.05) is 37.1 Å². The second-order valence-corrected chi connectivity index (χ2v) is 6.55. The van der Waals surface area contributed by atoms with Crippen molar-refractivity contribution in [1.29, 1.82) is 0 Å². The highest BCUT2D eigenvalue weighted by Gasteiger charge is 2.51. The first kappa shape index (κ1) is 19.4. The highest BCUT2D eigenvalue weighted by molar-refractivity contribution is 5.59. The SMILES string of the molecule is COC(F)(F)c1nnc2cnc(-c3ccc(OC(C4CC4)C(F)(F)F)nc3)cn12. The predicted molar refractivity (Wildman–Crippen MR) is 88.1 cm³/mol. The number of fused-ring (bicyclic) bond motifs is 1. The van der Waals surface area contributed by atoms with Crippen molar-refractivity contribution in [2.45, 2.75) is 31.2 Å². The van der Waals surface area contributed by atoms with Crippen LogP contribution in [-0.2, 0) is 10.8 Å². The van der Waals surface area contributed by atoms with Crippen LogP contribution < -0.4 is 4.74 Å². The average molecular weight is 415 g/mol. The third kappa shape index (κ3) is 3.84. The monoisotopic (exact) mass is 415 g/mol. The maximum Gasteiger partial charge on any atom is 0.425 e. The van der Waals surface area contributed by atoms with Gasteiger partial charge >= 0.3 is 12.3 Å². The van der Waals surface area contributed by atoms with Crippen LogP contribution in [0, 0.1) is 5.92 Å². The zero-order chi connectivity index (χ0) is 20.8. The number of hydrogen-bond donors (Lipinski definition) is 0. The van der Waals surface area contributed by atoms with Crippen LogP contribution in [0.3, 0.4) is 0 Å². The van der Waals surface area contributed by atoms with Crippen molar-refractivity contribution in [2.75, 3.05) is 7.11 Å². The molecule has 7 nitrogen and oxygen atoms in total. The minimum atomic E-state index is -4.48. The molecule has 154 valence electrons. The third-order valence-corrected chi connectivity index (χ3v) is 4.46. The van der Waals surface area contributed by atoms with Crippen molar-refractivity contribution >= 4 is 5.65 Å². The fourth-order valence-corrected chi connectivity index (χ4v) is 2.80. The van der Waals surface area contributed by atoms with Gasteiger partial charge < -0.3 is 9.47 Å². The first-order valence-corrected chi connectivity index (χ1v) is 8.53. The lowest BCUT2D eigenvalue weighted by Crippen LogP contribution is -2.36. The number of nitrogens with zero attached hydrogens (tertiary/aromatic N) is 5. The van der Waals surface area contributed by atoms with E-state index in [2.05, 4.69) is 24.9 Å². The van der Waals surface area contributed by atoms with Gasteiger partial charge in [-0.25, -0.2) is 4.98 Å². The van der Waals surface area contributed by atoms with Gasteiger partial charge in [0.15, 0.2) is 11.8 Å². The van der Waals surface area contributed by atoms with Gasteiger partial charge in [-0.1, -0.05) is 0 Å². The van der Waals surface area contributed by atoms with Crippen LogP contribution >= 0.6 is 0 Å². The summed E-state index contributed by atoms with van der Waals surface area (Å²) in [4.78, 5) is 7.99. The topological polar surface area (TPSA) is 74.4 Å². The second kappa shape index (κ2) is 6.87. The normalized spacial score (nSPS) is 16.2. The van der Waals surface area contributed by atoms with Gasteiger partial charge in [-0.15, -0.1) is 10.2 Å². The molecule has 1 aliphatic rings. The molecule has 0 bridgehead atoms. The maximum atomic E-state index is 13.8. The summed E-state index contributed by atoms with van der Waals surface area (Å²) < 4.78 is 77.1. The number of methoxy groups -OCH3 is 1. The Morgan fingerprint density at radius 3 is 2.41 bits per heavy atom. The van der Waals surface area contributed by atoms with E-state index in [0.29, 0.717) is 18.4 Å². The Hall–Kier alpha value is -2.89. The Bertz CT molecular complexity index is 1020. The summed E-state index contributed by atoms with van der Waals surface area (Å²) in [5.41, 5.74) is 0.694. The van der Waals surface area contributed by atoms with Crippen molar-refractivity contribution in [3.05, 3.63) is 36.5 Å². The van der Waals surface area contributed by atoms with Gasteiger partial charge in [0.1, 0.15) is 0 Å². The highest BCUT2D eigenvalue weighted by atomic mass is 19.4. The van der Waals surface area contributed by atoms with Crippen molar-refractivity contribution in [2.24, 2.45) is 5.92 Å². The van der Waals surface area contributed by atoms with E-state index < -0.39 is 30.1 Å². The summed E-state index contributed by atoms with van der Waals surface area (Å²) in [6, 6.07) is 2.72. The molecule has 0 amide bonds. The molecule has 1 aliphatic carbocycles. The lowest BCUT2D eigenvalue weighted by Gasteiger charge is -2.20. The van der Waals surface area contributed by atoms with E-state index in [-0.39, 0.29) is 17.2 Å². The number of hydrogen-bond acceptors (Lipinski definition) is 6. The van der Waals surface area contributed by atoms with E-state index in [1.54, 1.807) is 0 Å². The lowest BCUT2D eigenvalue weighted by atomic mass is 10.2. The van der Waals surface area contributed by atoms with E-state index in [9.17, 15) is 22.0 Å². The van der Waals surface area contributed by atoms with E-state index in [0.717, 1.165) is 11.5 Å². The average Bonchev–Trinajstić information content (AvgIpc) is 3.42. The molecule has 0 saturated heterocycles. The highest BCUT2D eigenvalue weighted by Crippen LogP contribution is 2.42. The van der Waals surface area contributed by atoms with E-state index in [1.165, 1.54) is 30.7 Å². The summed E-state index contributed by atoms with van der Waals surface area (Å²) in [5.74, 6) is -1.47. The first-order chi connectivity index (χ1) is 13.7. The number of ether oxygens (including phenoxy) is 2. The van der Waals surface area contributed by atoms with Gasteiger partial charge in [0.2, 0.25) is 11.7 Å². The number of rotatable bonds is 6. The van der Waals surface area contributed by atoms with Crippen LogP contribution in [-0.4, -0.2) is 44.0 Å². The Labute approximate surface area is 160 Å². The Morgan fingerprint density at radius 2 is 1.83 bits per heavy atom. The summed E-state index contributed by atoms with van der Waals surface area (Å²) in [6.07, 6.45) is -5.38. The smallest absolute Gasteiger partial charge is 0.425 e. The molecule has 3 aromatic heterocycles. The van der Waals surface area contributed by atoms with Gasteiger partial charge in [0.25, 0.3) is 0 Å². The molecule has 3 aromatic rings. The van der Waals surface area contributed by atoms with Crippen molar-refractivity contribution < 1.29 is 31.4 Å². The molecule has 0 radical (unpaired) electrons. The maximum absolute atomic E-state index is 13.8. The van der Waals surface area contributed by atoms with Crippen LogP contribution in [0.25, 0.3) is 16.9 Å². The van der Waals surface area contributed by atoms with Gasteiger partial charge in [-0.2, -0.15) is 22.0 Å². The largest absolute Gasteiger partial charge is 0.464 e. The molecule has 1 fully saturated rings. The van der Waals surface area contributed by atoms with Gasteiger partial charge in [0.05, 0.1) is 11.9 Å². The van der Waals surface area contributed by atoms with Crippen molar-refractivity contribution in [1.82, 2.24) is 24.6 Å². The fraction of sp³-hybridized carbons (Fsp3) is 0.412. The molecular weight excluding hydrogens is 401 g/mol. The third-order valence-electron chi connectivity index (χ3n) is 4.46. The quantitative estimate of drug-likeness (QED) is 0.573. The molecule has 3 heterocycles. The molecule has 1 atom stereocenters. The molecule has 0 aromatic carbocycles. The summed E-state index contributed by atoms with van der Waals surface area (Å²) in [7, 11) is 0.835. The van der Waals surface area contributed by atoms with E-state index in [1.807, 2.05) is 0 Å². The van der Waals surface area contributed by atoms with Crippen molar-refractivity contribution in [3.8, 4) is 17.1 Å². The molecule has 0 N–H and O–H groups in total. The lowest BCUT2D eigenvalue weighted by molar-refractivity contribution is -0.237. The minimum absolute atomic E-state index is 0.0749. The zero-order valence-corrected chi connectivity index (χ0v) is 14.9. The first-order valence-electron chi connectivity index (χ1n) is 8.53. The number of pyridine rings is 1. The van der Waals surface area contributed by atoms with Crippen LogP contribution in [0.15, 0.2) is 30.7 Å². The number of aromatic nitrogens is 5. The summed E-state index contributed by atoms with van der Waals surface area (Å²) in [6.45, 7) is 0. The van der Waals surface area contributed by atoms with Gasteiger partial charge in [-0.3, -0.25) is 9.38 Å². The van der Waals surface area contributed by atoms with Gasteiger partial charge in [-0.05, 0) is 18.9 Å². The second-order valence-electron chi connectivity index (χ2n) is 6.55. The zero-order valence-electron chi connectivity index (χ0n) is 14.9. The Morgan fingerprint density at radius 1 is 1.07 bits per heavy atom. The molecule has 1 saturated carbocycles. The Balaban J connectivity index is 1.60. The molecule has 0 spiro atoms. The van der Waals surface area contributed by atoms with Crippen molar-refractivity contribution in [3.63, 3.8) is 0 Å². The molecular formula is C17H14F5N5O2. The van der Waals surface area contributed by atoms with Crippen LogP contribution in [0.2, 0.25) is 0 Å². The molecule has 29 heavy (non-hydrogen) atoms. The molecule has 12 heteroatoms. The molecule has 0 aliphatic heterocycles. The molecule has 4 rings (SSSR count). The minimum Gasteiger partial charge on any atom is -0.464 e. The molecule has 1 unspecified atom stereocenters. The standard InChI is InChI=1S/C17H14F5N5O2/c1-28-17(21,22)15-26-25-12-7-23-11(8-27(12)15)10-4-5-13(24-6-10)29-14(9-2-3-9)16(18,19)20/h4-9,14H,2-3H2,1H3. The van der Waals surface area contributed by atoms with Crippen LogP contribution in [0.5, 0.6) is 5.88 Å². The van der Waals surface area contributed by atoms with E-state index in [4.69, 9.17) is 4.74 Å². The van der Waals surface area contributed by atoms with E-state index >= 15 is 0 Å². The number of halogens is 5. The summed E-state index contributed by atoms with van der Waals surface area (Å²) in [5, 5.41) is 7.03. The number of alkyl halides is 5. The van der Waals surface area contributed by atoms with Crippen LogP contribution in [0.4, 0.5) is 22.0 Å². The fourth-order valence-electron chi connectivity index (χ4n) is 2.80.